The number of rotatable bonds is 13. The number of ether oxygens (including phenoxy) is 4. The van der Waals surface area contributed by atoms with Crippen molar-refractivity contribution < 1.29 is 69.4 Å². The van der Waals surface area contributed by atoms with Crippen molar-refractivity contribution in [3.8, 4) is 0 Å². The van der Waals surface area contributed by atoms with Crippen molar-refractivity contribution in [2.45, 2.75) is 89.1 Å². The molecule has 2 aliphatic rings. The first-order chi connectivity index (χ1) is 21.7. The highest BCUT2D eigenvalue weighted by Crippen LogP contribution is 2.26. The van der Waals surface area contributed by atoms with Crippen molar-refractivity contribution in [1.82, 2.24) is 0 Å². The van der Waals surface area contributed by atoms with Gasteiger partial charge in [0.2, 0.25) is 6.29 Å². The van der Waals surface area contributed by atoms with Gasteiger partial charge in [-0.15, -0.1) is 0 Å². The second-order valence-corrected chi connectivity index (χ2v) is 10.9. The first-order valence-corrected chi connectivity index (χ1v) is 14.5. The molecule has 0 aliphatic carbocycles. The topological polar surface area (TPSA) is 233 Å². The molecule has 0 amide bonds. The van der Waals surface area contributed by atoms with Crippen LogP contribution in [0.1, 0.15) is 27.7 Å². The minimum absolute atomic E-state index is 0.127. The van der Waals surface area contributed by atoms with Crippen LogP contribution in [-0.4, -0.2) is 127 Å². The van der Waals surface area contributed by atoms with Crippen LogP contribution in [0.2, 0.25) is 0 Å². The maximum absolute atomic E-state index is 12.6. The first-order valence-electron chi connectivity index (χ1n) is 14.5. The molecule has 256 valence electrons. The third kappa shape index (κ3) is 11.5. The fourth-order valence-corrected chi connectivity index (χ4v) is 4.10. The zero-order chi connectivity index (χ0) is 34.6. The highest BCUT2D eigenvalue weighted by molar-refractivity contribution is 5.88. The summed E-state index contributed by atoms with van der Waals surface area (Å²) in [5.41, 5.74) is 2.11. The van der Waals surface area contributed by atoms with Gasteiger partial charge >= 0.3 is 11.9 Å². The van der Waals surface area contributed by atoms with E-state index in [1.165, 1.54) is 26.0 Å². The van der Waals surface area contributed by atoms with Gasteiger partial charge in [-0.05, 0) is 27.7 Å². The van der Waals surface area contributed by atoms with Gasteiger partial charge in [-0.25, -0.2) is 9.59 Å². The Balaban J connectivity index is 1.94. The molecule has 0 spiro atoms. The van der Waals surface area contributed by atoms with Crippen molar-refractivity contribution in [3.63, 3.8) is 0 Å². The number of hydrogen-bond acceptors (Lipinski definition) is 13. The molecule has 0 bridgehead atoms. The Labute approximate surface area is 266 Å². The number of hydrogen-bond donors (Lipinski definition) is 8. The van der Waals surface area contributed by atoms with Crippen molar-refractivity contribution in [1.29, 1.82) is 0 Å². The molecule has 0 aromatic carbocycles. The molecule has 14 nitrogen and oxygen atoms in total. The molecule has 0 aromatic heterocycles. The molecule has 2 rings (SSSR count). The van der Waals surface area contributed by atoms with Gasteiger partial charge in [0.25, 0.3) is 0 Å². The lowest BCUT2D eigenvalue weighted by Crippen LogP contribution is -2.61. The van der Waals surface area contributed by atoms with Gasteiger partial charge in [0, 0.05) is 11.1 Å². The Morgan fingerprint density at radius 2 is 1.11 bits per heavy atom. The lowest BCUT2D eigenvalue weighted by molar-refractivity contribution is -0.326. The summed E-state index contributed by atoms with van der Waals surface area (Å²) < 4.78 is 21.3. The number of aliphatic carboxylic acids is 1. The van der Waals surface area contributed by atoms with E-state index < -0.39 is 86.6 Å². The van der Waals surface area contributed by atoms with Crippen molar-refractivity contribution in [2.75, 3.05) is 13.2 Å². The number of carboxylic acid groups (broad SMARTS) is 1. The number of carbonyl (C=O) groups is 2. The number of carbonyl (C=O) groups excluding carboxylic acids is 1. The Hall–Kier alpha value is -3.28. The Morgan fingerprint density at radius 3 is 1.63 bits per heavy atom. The Bertz CT molecular complexity index is 1240. The lowest BCUT2D eigenvalue weighted by atomic mass is 9.98. The number of allylic oxidation sites excluding steroid dienone is 12. The molecule has 0 saturated carbocycles. The normalized spacial score (nSPS) is 33.7. The fraction of sp³-hybridized carbons (Fsp3) is 0.500. The molecular formula is C32H44O14. The van der Waals surface area contributed by atoms with E-state index in [0.717, 1.165) is 11.1 Å². The molecule has 2 aliphatic heterocycles. The van der Waals surface area contributed by atoms with E-state index in [-0.39, 0.29) is 11.1 Å². The zero-order valence-corrected chi connectivity index (χ0v) is 26.0. The monoisotopic (exact) mass is 652 g/mol. The second kappa shape index (κ2) is 18.8. The molecule has 0 radical (unpaired) electrons. The van der Waals surface area contributed by atoms with E-state index >= 15 is 0 Å². The zero-order valence-electron chi connectivity index (χ0n) is 26.0. The standard InChI is InChI=1S/C32H44O14/c1-17(11-7-13-19(3)29(40)41)9-5-6-10-18(2)12-8-14-20(4)30(42)46-32-28(39)26(37)24(35)22(45-32)16-43-31-27(38)25(36)23(34)21(15-33)44-31/h5-14,21-28,31-39H,15-16H2,1-4H3,(H,40,41)/b6-5+,11-7+,12-8+,17-9-,18-10+,19-13+,20-14+/t21-,22-,23-,24-,25+,26+,27-,28-,31-,32+/m1/s1. The molecule has 14 heteroatoms. The Kier molecular flexibility index (Phi) is 15.9. The van der Waals surface area contributed by atoms with Crippen LogP contribution in [0.4, 0.5) is 0 Å². The fourth-order valence-electron chi connectivity index (χ4n) is 4.10. The van der Waals surface area contributed by atoms with Crippen LogP contribution in [0.15, 0.2) is 83.1 Å². The molecule has 2 saturated heterocycles. The van der Waals surface area contributed by atoms with Gasteiger partial charge in [-0.3, -0.25) is 0 Å². The molecule has 10 atom stereocenters. The van der Waals surface area contributed by atoms with Gasteiger partial charge in [0.15, 0.2) is 6.29 Å². The minimum Gasteiger partial charge on any atom is -0.478 e. The Morgan fingerprint density at radius 1 is 0.630 bits per heavy atom. The molecule has 0 aromatic rings. The largest absolute Gasteiger partial charge is 0.478 e. The predicted octanol–water partition coefficient (Wildman–Crippen LogP) is -0.308. The van der Waals surface area contributed by atoms with E-state index in [2.05, 4.69) is 0 Å². The van der Waals surface area contributed by atoms with Gasteiger partial charge in [0.1, 0.15) is 48.8 Å². The average molecular weight is 653 g/mol. The predicted molar refractivity (Wildman–Crippen MR) is 163 cm³/mol. The average Bonchev–Trinajstić information content (AvgIpc) is 3.02. The van der Waals surface area contributed by atoms with Crippen molar-refractivity contribution in [2.24, 2.45) is 0 Å². The lowest BCUT2D eigenvalue weighted by Gasteiger charge is -2.42. The summed E-state index contributed by atoms with van der Waals surface area (Å²) in [5.74, 6) is -1.86. The van der Waals surface area contributed by atoms with Gasteiger partial charge < -0.3 is 59.8 Å². The van der Waals surface area contributed by atoms with Gasteiger partial charge in [-0.1, -0.05) is 71.9 Å². The van der Waals surface area contributed by atoms with E-state index in [4.69, 9.17) is 24.1 Å². The summed E-state index contributed by atoms with van der Waals surface area (Å²) in [6.45, 7) is 5.43. The summed E-state index contributed by atoms with van der Waals surface area (Å²) in [5, 5.41) is 79.1. The molecule has 0 unspecified atom stereocenters. The summed E-state index contributed by atoms with van der Waals surface area (Å²) in [4.78, 5) is 23.4. The molecule has 2 heterocycles. The van der Waals surface area contributed by atoms with Crippen molar-refractivity contribution in [3.05, 3.63) is 83.1 Å². The number of esters is 1. The van der Waals surface area contributed by atoms with Crippen molar-refractivity contribution >= 4 is 11.9 Å². The van der Waals surface area contributed by atoms with Crippen LogP contribution in [0, 0.1) is 0 Å². The number of carboxylic acids is 1. The van der Waals surface area contributed by atoms with Crippen LogP contribution in [0.5, 0.6) is 0 Å². The molecular weight excluding hydrogens is 608 g/mol. The van der Waals surface area contributed by atoms with E-state index in [1.54, 1.807) is 30.4 Å². The maximum atomic E-state index is 12.6. The highest BCUT2D eigenvalue weighted by atomic mass is 16.7. The molecule has 8 N–H and O–H groups in total. The summed E-state index contributed by atoms with van der Waals surface area (Å²) >= 11 is 0. The van der Waals surface area contributed by atoms with E-state index in [1.807, 2.05) is 32.1 Å². The van der Waals surface area contributed by atoms with Gasteiger partial charge in [0.05, 0.1) is 13.2 Å². The third-order valence-electron chi connectivity index (χ3n) is 7.06. The summed E-state index contributed by atoms with van der Waals surface area (Å²) in [6.07, 6.45) is 0.855. The van der Waals surface area contributed by atoms with Crippen LogP contribution in [0.3, 0.4) is 0 Å². The van der Waals surface area contributed by atoms with Crippen LogP contribution < -0.4 is 0 Å². The van der Waals surface area contributed by atoms with Crippen LogP contribution in [-0.2, 0) is 28.5 Å². The van der Waals surface area contributed by atoms with E-state index in [9.17, 15) is 45.3 Å². The maximum Gasteiger partial charge on any atom is 0.336 e. The van der Waals surface area contributed by atoms with Crippen LogP contribution in [0.25, 0.3) is 0 Å². The summed E-state index contributed by atoms with van der Waals surface area (Å²) in [7, 11) is 0. The molecule has 2 fully saturated rings. The minimum atomic E-state index is -1.80. The first kappa shape index (κ1) is 38.9. The SMILES string of the molecule is CC(=C/C=C/C=C(C)/C=C/C=C(\C)C(=O)O[C@@H]1O[C@H](CO[C@@H]2O[C@H](CO)[C@@H](O)[C@H](O)[C@H]2O)[C@@H](O)[C@H](O)[C@H]1O)/C=C/C=C(\C)C(=O)O. The third-order valence-corrected chi connectivity index (χ3v) is 7.06. The summed E-state index contributed by atoms with van der Waals surface area (Å²) in [6, 6.07) is 0. The van der Waals surface area contributed by atoms with Crippen LogP contribution >= 0.6 is 0 Å². The second-order valence-electron chi connectivity index (χ2n) is 10.9. The molecule has 46 heavy (non-hydrogen) atoms. The number of aliphatic hydroxyl groups is 7. The van der Waals surface area contributed by atoms with Gasteiger partial charge in [-0.2, -0.15) is 0 Å². The smallest absolute Gasteiger partial charge is 0.336 e. The quantitative estimate of drug-likeness (QED) is 0.0725. The number of aliphatic hydroxyl groups excluding tert-OH is 7. The van der Waals surface area contributed by atoms with E-state index in [0.29, 0.717) is 0 Å². The highest BCUT2D eigenvalue weighted by Gasteiger charge is 2.48.